The normalized spacial score (nSPS) is 22.1. The molecule has 1 rings (SSSR count). The lowest BCUT2D eigenvalue weighted by Crippen LogP contribution is -2.59. The SMILES string of the molecule is CCCCCCCCCC=CCCCC(O)C(O)C(COC1OC(CO)C(O)C(O)C1O)C(=O)C(O)CCCCCCCCCCCCCCCCCCCCCC. The van der Waals surface area contributed by atoms with E-state index >= 15 is 0 Å². The van der Waals surface area contributed by atoms with Gasteiger partial charge in [-0.1, -0.05) is 193 Å². The fourth-order valence-electron chi connectivity index (χ4n) is 8.07. The van der Waals surface area contributed by atoms with Crippen molar-refractivity contribution in [3.8, 4) is 0 Å². The summed E-state index contributed by atoms with van der Waals surface area (Å²) in [6.07, 6.45) is 29.4. The van der Waals surface area contributed by atoms with Gasteiger partial charge in [0.1, 0.15) is 30.5 Å². The molecule has 9 atom stereocenters. The maximum Gasteiger partial charge on any atom is 0.186 e. The van der Waals surface area contributed by atoms with E-state index in [2.05, 4.69) is 26.0 Å². The molecule has 0 aliphatic carbocycles. The van der Waals surface area contributed by atoms with Gasteiger partial charge in [-0.05, 0) is 38.5 Å². The maximum absolute atomic E-state index is 13.5. The largest absolute Gasteiger partial charge is 0.394 e. The molecular formula is C48H92O10. The minimum absolute atomic E-state index is 0.223. The first-order valence-corrected chi connectivity index (χ1v) is 24.3. The second kappa shape index (κ2) is 37.8. The summed E-state index contributed by atoms with van der Waals surface area (Å²) in [5.41, 5.74) is 0. The van der Waals surface area contributed by atoms with E-state index in [4.69, 9.17) is 9.47 Å². The summed E-state index contributed by atoms with van der Waals surface area (Å²) in [5, 5.41) is 73.3. The van der Waals surface area contributed by atoms with Crippen molar-refractivity contribution in [2.24, 2.45) is 5.92 Å². The van der Waals surface area contributed by atoms with Crippen LogP contribution in [0.25, 0.3) is 0 Å². The Morgan fingerprint density at radius 2 is 0.966 bits per heavy atom. The van der Waals surface area contributed by atoms with E-state index in [0.717, 1.165) is 38.5 Å². The van der Waals surface area contributed by atoms with E-state index in [-0.39, 0.29) is 12.8 Å². The lowest BCUT2D eigenvalue weighted by Gasteiger charge is -2.40. The van der Waals surface area contributed by atoms with Crippen LogP contribution in [0.3, 0.4) is 0 Å². The molecule has 10 heteroatoms. The van der Waals surface area contributed by atoms with Gasteiger partial charge in [0, 0.05) is 0 Å². The van der Waals surface area contributed by atoms with Crippen molar-refractivity contribution in [2.45, 2.75) is 268 Å². The zero-order valence-corrected chi connectivity index (χ0v) is 37.2. The molecule has 0 aromatic heterocycles. The summed E-state index contributed by atoms with van der Waals surface area (Å²) in [4.78, 5) is 13.5. The highest BCUT2D eigenvalue weighted by molar-refractivity contribution is 5.85. The number of ether oxygens (including phenoxy) is 2. The van der Waals surface area contributed by atoms with Gasteiger partial charge in [0.15, 0.2) is 12.1 Å². The first-order valence-electron chi connectivity index (χ1n) is 24.3. The van der Waals surface area contributed by atoms with Crippen LogP contribution in [0.1, 0.15) is 219 Å². The van der Waals surface area contributed by atoms with Crippen LogP contribution in [0.15, 0.2) is 12.2 Å². The Labute approximate surface area is 354 Å². The van der Waals surface area contributed by atoms with Crippen molar-refractivity contribution >= 4 is 5.78 Å². The summed E-state index contributed by atoms with van der Waals surface area (Å²) < 4.78 is 11.1. The number of aliphatic hydroxyl groups is 7. The van der Waals surface area contributed by atoms with Gasteiger partial charge in [0.05, 0.1) is 31.3 Å². The van der Waals surface area contributed by atoms with E-state index in [9.17, 15) is 40.5 Å². The van der Waals surface area contributed by atoms with Crippen LogP contribution in [0.5, 0.6) is 0 Å². The molecule has 1 aliphatic rings. The fourth-order valence-corrected chi connectivity index (χ4v) is 8.07. The molecule has 0 amide bonds. The van der Waals surface area contributed by atoms with E-state index < -0.39 is 73.9 Å². The van der Waals surface area contributed by atoms with Crippen molar-refractivity contribution in [1.29, 1.82) is 0 Å². The first-order chi connectivity index (χ1) is 28.2. The number of hydrogen-bond acceptors (Lipinski definition) is 10. The zero-order valence-electron chi connectivity index (χ0n) is 37.2. The standard InChI is InChI=1S/C48H92O10/c1-3-5-7-9-11-13-15-17-18-19-20-21-22-23-24-26-28-30-32-34-36-41(51)44(53)39(38-57-48-47(56)46(55)45(54)42(37-49)58-48)43(52)40(50)35-33-31-29-27-25-16-14-12-10-8-6-4-2/h27,29,39-43,45-52,54-56H,3-26,28,30-38H2,1-2H3. The number of carbonyl (C=O) groups excluding carboxylic acids is 1. The van der Waals surface area contributed by atoms with Gasteiger partial charge in [0.25, 0.3) is 0 Å². The number of unbranched alkanes of at least 4 members (excludes halogenated alkanes) is 27. The second-order valence-corrected chi connectivity index (χ2v) is 17.4. The summed E-state index contributed by atoms with van der Waals surface area (Å²) in [7, 11) is 0. The molecule has 58 heavy (non-hydrogen) atoms. The van der Waals surface area contributed by atoms with Gasteiger partial charge < -0.3 is 45.2 Å². The third kappa shape index (κ3) is 26.4. The van der Waals surface area contributed by atoms with E-state index in [1.807, 2.05) is 0 Å². The van der Waals surface area contributed by atoms with E-state index in [1.54, 1.807) is 0 Å². The molecule has 0 radical (unpaired) electrons. The molecular weight excluding hydrogens is 737 g/mol. The molecule has 1 aliphatic heterocycles. The molecule has 10 nitrogen and oxygen atoms in total. The van der Waals surface area contributed by atoms with Gasteiger partial charge in [-0.3, -0.25) is 4.79 Å². The zero-order chi connectivity index (χ0) is 42.6. The molecule has 1 heterocycles. The number of carbonyl (C=O) groups is 1. The third-order valence-electron chi connectivity index (χ3n) is 12.1. The molecule has 344 valence electrons. The topological polar surface area (TPSA) is 177 Å². The molecule has 0 aromatic rings. The van der Waals surface area contributed by atoms with Gasteiger partial charge >= 0.3 is 0 Å². The van der Waals surface area contributed by atoms with Crippen molar-refractivity contribution in [3.05, 3.63) is 12.2 Å². The molecule has 7 N–H and O–H groups in total. The summed E-state index contributed by atoms with van der Waals surface area (Å²) in [6, 6.07) is 0. The lowest BCUT2D eigenvalue weighted by atomic mass is 9.88. The van der Waals surface area contributed by atoms with Crippen LogP contribution in [-0.4, -0.2) is 104 Å². The average Bonchev–Trinajstić information content (AvgIpc) is 3.22. The van der Waals surface area contributed by atoms with Crippen molar-refractivity contribution in [1.82, 2.24) is 0 Å². The van der Waals surface area contributed by atoms with Crippen molar-refractivity contribution in [3.63, 3.8) is 0 Å². The Balaban J connectivity index is 2.42. The Bertz CT molecular complexity index is 947. The highest BCUT2D eigenvalue weighted by atomic mass is 16.7. The predicted octanol–water partition coefficient (Wildman–Crippen LogP) is 9.15. The number of hydrogen-bond donors (Lipinski definition) is 7. The lowest BCUT2D eigenvalue weighted by molar-refractivity contribution is -0.304. The fraction of sp³-hybridized carbons (Fsp3) is 0.938. The Morgan fingerprint density at radius 3 is 1.41 bits per heavy atom. The summed E-state index contributed by atoms with van der Waals surface area (Å²) >= 11 is 0. The van der Waals surface area contributed by atoms with Crippen LogP contribution in [0.2, 0.25) is 0 Å². The highest BCUT2D eigenvalue weighted by Gasteiger charge is 2.45. The van der Waals surface area contributed by atoms with Crippen molar-refractivity contribution < 1.29 is 50.0 Å². The highest BCUT2D eigenvalue weighted by Crippen LogP contribution is 2.25. The van der Waals surface area contributed by atoms with Gasteiger partial charge in [-0.15, -0.1) is 0 Å². The molecule has 0 spiro atoms. The number of allylic oxidation sites excluding steroid dienone is 2. The molecule has 0 saturated carbocycles. The molecule has 9 unspecified atom stereocenters. The Hall–Kier alpha value is -0.950. The first kappa shape index (κ1) is 55.1. The molecule has 0 bridgehead atoms. The van der Waals surface area contributed by atoms with Crippen LogP contribution in [-0.2, 0) is 14.3 Å². The average molecular weight is 829 g/mol. The number of Topliss-reactive ketones (excluding diaryl/α,β-unsaturated/α-hetero) is 1. The molecule has 0 aromatic carbocycles. The van der Waals surface area contributed by atoms with Crippen LogP contribution < -0.4 is 0 Å². The van der Waals surface area contributed by atoms with Gasteiger partial charge in [-0.2, -0.15) is 0 Å². The van der Waals surface area contributed by atoms with Crippen molar-refractivity contribution in [2.75, 3.05) is 13.2 Å². The van der Waals surface area contributed by atoms with Gasteiger partial charge in [0.2, 0.25) is 0 Å². The second-order valence-electron chi connectivity index (χ2n) is 17.4. The minimum Gasteiger partial charge on any atom is -0.394 e. The predicted molar refractivity (Wildman–Crippen MR) is 234 cm³/mol. The quantitative estimate of drug-likeness (QED) is 0.0232. The molecule has 1 fully saturated rings. The minimum atomic E-state index is -1.68. The van der Waals surface area contributed by atoms with Crippen LogP contribution in [0, 0.1) is 5.92 Å². The Kier molecular flexibility index (Phi) is 35.9. The smallest absolute Gasteiger partial charge is 0.186 e. The summed E-state index contributed by atoms with van der Waals surface area (Å²) in [6.45, 7) is 3.35. The maximum atomic E-state index is 13.5. The number of rotatable bonds is 41. The van der Waals surface area contributed by atoms with Crippen LogP contribution >= 0.6 is 0 Å². The Morgan fingerprint density at radius 1 is 0.552 bits per heavy atom. The van der Waals surface area contributed by atoms with E-state index in [1.165, 1.54) is 141 Å². The third-order valence-corrected chi connectivity index (χ3v) is 12.1. The number of ketones is 1. The summed E-state index contributed by atoms with van der Waals surface area (Å²) in [5.74, 6) is -1.99. The van der Waals surface area contributed by atoms with E-state index in [0.29, 0.717) is 12.8 Å². The van der Waals surface area contributed by atoms with Crippen LogP contribution in [0.4, 0.5) is 0 Å². The number of aliphatic hydroxyl groups excluding tert-OH is 7. The monoisotopic (exact) mass is 829 g/mol. The molecule has 1 saturated heterocycles. The van der Waals surface area contributed by atoms with Gasteiger partial charge in [-0.25, -0.2) is 0 Å².